The molecule has 19 heavy (non-hydrogen) atoms. The zero-order chi connectivity index (χ0) is 13.6. The molecule has 0 bridgehead atoms. The van der Waals surface area contributed by atoms with E-state index in [-0.39, 0.29) is 5.91 Å². The van der Waals surface area contributed by atoms with Gasteiger partial charge in [-0.3, -0.25) is 14.4 Å². The Bertz CT molecular complexity index is 487. The highest BCUT2D eigenvalue weighted by Crippen LogP contribution is 2.51. The molecular weight excluding hydrogens is 244 g/mol. The summed E-state index contributed by atoms with van der Waals surface area (Å²) in [4.78, 5) is 14.1. The van der Waals surface area contributed by atoms with Crippen molar-refractivity contribution < 1.29 is 9.90 Å². The van der Waals surface area contributed by atoms with E-state index in [1.54, 1.807) is 4.68 Å². The van der Waals surface area contributed by atoms with Gasteiger partial charge in [-0.25, -0.2) is 0 Å². The van der Waals surface area contributed by atoms with E-state index in [9.17, 15) is 4.79 Å². The van der Waals surface area contributed by atoms with Crippen molar-refractivity contribution in [3.05, 3.63) is 11.8 Å². The number of nitrogens with zero attached hydrogens (tertiary/aromatic N) is 3. The molecule has 0 spiro atoms. The number of aliphatic hydroxyl groups is 1. The molecule has 1 unspecified atom stereocenters. The molecule has 1 aromatic heterocycles. The number of carbonyl (C=O) groups is 1. The lowest BCUT2D eigenvalue weighted by atomic mass is 10.3. The Hall–Kier alpha value is -1.40. The van der Waals surface area contributed by atoms with Gasteiger partial charge in [0.2, 0.25) is 5.91 Å². The summed E-state index contributed by atoms with van der Waals surface area (Å²) in [6.07, 6.45) is 0. The lowest BCUT2D eigenvalue weighted by molar-refractivity contribution is -0.117. The van der Waals surface area contributed by atoms with Gasteiger partial charge in [0.05, 0.1) is 12.2 Å². The normalized spacial score (nSPS) is 29.3. The third-order valence-electron chi connectivity index (χ3n) is 4.29. The van der Waals surface area contributed by atoms with Crippen LogP contribution in [0.2, 0.25) is 0 Å². The maximum atomic E-state index is 12.0. The SMILES string of the molecule is Cc1cc(NC(=O)CN2C[C@@H]3C(CO)[C@@H]3C2)n(C)n1. The van der Waals surface area contributed by atoms with E-state index >= 15 is 0 Å². The smallest absolute Gasteiger partial charge is 0.239 e. The lowest BCUT2D eigenvalue weighted by Gasteiger charge is -2.18. The summed E-state index contributed by atoms with van der Waals surface area (Å²) in [5.74, 6) is 2.44. The molecule has 1 saturated carbocycles. The maximum Gasteiger partial charge on any atom is 0.239 e. The Balaban J connectivity index is 1.49. The monoisotopic (exact) mass is 264 g/mol. The highest BCUT2D eigenvalue weighted by Gasteiger charge is 2.54. The van der Waals surface area contributed by atoms with Crippen molar-refractivity contribution in [1.29, 1.82) is 0 Å². The molecule has 2 fully saturated rings. The minimum atomic E-state index is 0.00449. The number of aliphatic hydroxyl groups excluding tert-OH is 1. The van der Waals surface area contributed by atoms with Crippen LogP contribution < -0.4 is 5.32 Å². The van der Waals surface area contributed by atoms with Crippen LogP contribution in [0, 0.1) is 24.7 Å². The highest BCUT2D eigenvalue weighted by atomic mass is 16.3. The van der Waals surface area contributed by atoms with Crippen LogP contribution in [0.1, 0.15) is 5.69 Å². The number of hydrogen-bond donors (Lipinski definition) is 2. The van der Waals surface area contributed by atoms with Crippen LogP contribution >= 0.6 is 0 Å². The van der Waals surface area contributed by atoms with Crippen LogP contribution in [0.15, 0.2) is 6.07 Å². The minimum absolute atomic E-state index is 0.00449. The largest absolute Gasteiger partial charge is 0.396 e. The molecule has 1 saturated heterocycles. The second kappa shape index (κ2) is 4.61. The summed E-state index contributed by atoms with van der Waals surface area (Å²) in [5, 5.41) is 16.2. The molecule has 1 aliphatic heterocycles. The zero-order valence-electron chi connectivity index (χ0n) is 11.3. The second-order valence-corrected chi connectivity index (χ2v) is 5.71. The summed E-state index contributed by atoms with van der Waals surface area (Å²) in [6, 6.07) is 1.86. The Labute approximate surface area is 112 Å². The molecule has 0 aromatic carbocycles. The minimum Gasteiger partial charge on any atom is -0.396 e. The number of aromatic nitrogens is 2. The van der Waals surface area contributed by atoms with Crippen LogP contribution in [0.5, 0.6) is 0 Å². The molecule has 2 heterocycles. The molecule has 1 amide bonds. The predicted molar refractivity (Wildman–Crippen MR) is 70.6 cm³/mol. The van der Waals surface area contributed by atoms with E-state index in [0.717, 1.165) is 24.6 Å². The fourth-order valence-corrected chi connectivity index (χ4v) is 3.25. The number of nitrogens with one attached hydrogen (secondary N) is 1. The van der Waals surface area contributed by atoms with Crippen LogP contribution in [-0.2, 0) is 11.8 Å². The summed E-state index contributed by atoms with van der Waals surface area (Å²) in [5.41, 5.74) is 0.894. The number of piperidine rings is 1. The third-order valence-corrected chi connectivity index (χ3v) is 4.29. The van der Waals surface area contributed by atoms with Gasteiger partial charge in [0.15, 0.2) is 0 Å². The summed E-state index contributed by atoms with van der Waals surface area (Å²) in [7, 11) is 1.82. The fourth-order valence-electron chi connectivity index (χ4n) is 3.25. The first kappa shape index (κ1) is 12.6. The first-order chi connectivity index (χ1) is 9.08. The van der Waals surface area contributed by atoms with E-state index in [0.29, 0.717) is 30.9 Å². The van der Waals surface area contributed by atoms with Gasteiger partial charge < -0.3 is 10.4 Å². The topological polar surface area (TPSA) is 70.4 Å². The van der Waals surface area contributed by atoms with E-state index in [4.69, 9.17) is 5.11 Å². The number of anilines is 1. The van der Waals surface area contributed by atoms with Gasteiger partial charge in [-0.1, -0.05) is 0 Å². The number of amides is 1. The third kappa shape index (κ3) is 2.37. The maximum absolute atomic E-state index is 12.0. The van der Waals surface area contributed by atoms with E-state index < -0.39 is 0 Å². The Kier molecular flexibility index (Phi) is 3.06. The molecule has 3 rings (SSSR count). The molecule has 3 atom stereocenters. The van der Waals surface area contributed by atoms with E-state index in [1.165, 1.54) is 0 Å². The van der Waals surface area contributed by atoms with Crippen LogP contribution in [0.4, 0.5) is 5.82 Å². The Morgan fingerprint density at radius 2 is 2.21 bits per heavy atom. The quantitative estimate of drug-likeness (QED) is 0.792. The number of aryl methyl sites for hydroxylation is 2. The second-order valence-electron chi connectivity index (χ2n) is 5.71. The predicted octanol–water partition coefficient (Wildman–Crippen LogP) is -0.163. The van der Waals surface area contributed by atoms with Crippen molar-refractivity contribution in [3.63, 3.8) is 0 Å². The van der Waals surface area contributed by atoms with Crippen molar-refractivity contribution in [2.45, 2.75) is 6.92 Å². The molecule has 2 aliphatic rings. The van der Waals surface area contributed by atoms with E-state index in [1.807, 2.05) is 20.0 Å². The molecule has 1 aliphatic carbocycles. The van der Waals surface area contributed by atoms with Gasteiger partial charge >= 0.3 is 0 Å². The zero-order valence-corrected chi connectivity index (χ0v) is 11.3. The first-order valence-corrected chi connectivity index (χ1v) is 6.72. The van der Waals surface area contributed by atoms with Crippen LogP contribution in [-0.4, -0.2) is 51.9 Å². The van der Waals surface area contributed by atoms with Gasteiger partial charge in [0.1, 0.15) is 5.82 Å². The Morgan fingerprint density at radius 3 is 2.74 bits per heavy atom. The molecular formula is C13H20N4O2. The number of likely N-dealkylation sites (tertiary alicyclic amines) is 1. The molecule has 0 radical (unpaired) electrons. The molecule has 1 aromatic rings. The van der Waals surface area contributed by atoms with Crippen molar-refractivity contribution >= 4 is 11.7 Å². The van der Waals surface area contributed by atoms with Gasteiger partial charge in [0, 0.05) is 32.8 Å². The molecule has 6 nitrogen and oxygen atoms in total. The van der Waals surface area contributed by atoms with Crippen LogP contribution in [0.25, 0.3) is 0 Å². The van der Waals surface area contributed by atoms with Crippen molar-refractivity contribution in [1.82, 2.24) is 14.7 Å². The average Bonchev–Trinajstić information content (AvgIpc) is 2.64. The van der Waals surface area contributed by atoms with Gasteiger partial charge in [-0.05, 0) is 24.7 Å². The van der Waals surface area contributed by atoms with Gasteiger partial charge in [-0.15, -0.1) is 0 Å². The number of fused-ring (bicyclic) bond motifs is 1. The fraction of sp³-hybridized carbons (Fsp3) is 0.692. The van der Waals surface area contributed by atoms with E-state index in [2.05, 4.69) is 15.3 Å². The van der Waals surface area contributed by atoms with Gasteiger partial charge in [-0.2, -0.15) is 5.10 Å². The number of rotatable bonds is 4. The molecule has 104 valence electrons. The van der Waals surface area contributed by atoms with Crippen LogP contribution in [0.3, 0.4) is 0 Å². The van der Waals surface area contributed by atoms with Crippen molar-refractivity contribution in [2.75, 3.05) is 31.6 Å². The van der Waals surface area contributed by atoms with Gasteiger partial charge in [0.25, 0.3) is 0 Å². The Morgan fingerprint density at radius 1 is 1.53 bits per heavy atom. The van der Waals surface area contributed by atoms with Crippen molar-refractivity contribution in [3.8, 4) is 0 Å². The lowest BCUT2D eigenvalue weighted by Crippen LogP contribution is -2.34. The molecule has 6 heteroatoms. The average molecular weight is 264 g/mol. The standard InChI is InChI=1S/C13H20N4O2/c1-8-3-12(16(2)15-8)14-13(19)6-17-4-9-10(5-17)11(9)7-18/h3,9-11,18H,4-7H2,1-2H3,(H,14,19)/t9-,10+,11?. The number of hydrogen-bond acceptors (Lipinski definition) is 4. The number of carbonyl (C=O) groups excluding carboxylic acids is 1. The summed E-state index contributed by atoms with van der Waals surface area (Å²) in [6.45, 7) is 4.50. The van der Waals surface area contributed by atoms with Crippen molar-refractivity contribution in [2.24, 2.45) is 24.8 Å². The summed E-state index contributed by atoms with van der Waals surface area (Å²) >= 11 is 0. The highest BCUT2D eigenvalue weighted by molar-refractivity contribution is 5.91. The summed E-state index contributed by atoms with van der Waals surface area (Å²) < 4.78 is 1.68. The first-order valence-electron chi connectivity index (χ1n) is 6.72. The molecule has 2 N–H and O–H groups in total.